The molecule has 13 aromatic rings. The van der Waals surface area contributed by atoms with Crippen molar-refractivity contribution < 1.29 is 0 Å². The zero-order valence-electron chi connectivity index (χ0n) is 36.9. The minimum Gasteiger partial charge on any atom is -0.309 e. The van der Waals surface area contributed by atoms with Gasteiger partial charge in [-0.3, -0.25) is 0 Å². The molecular weight excluding hydrogens is 823 g/mol. The SMILES string of the molecule is c1ccc(-c2cc(-c3ccccc3)nc(-c3ccc4c(c3)-c3cc5c6ccccc6c6cc(-n7c8ccccc8c8ccccc87)ccc6c5cc3C43c4ccccc4-c4ccccc43)n2)cc1. The van der Waals surface area contributed by atoms with E-state index in [0.717, 1.165) is 33.8 Å². The van der Waals surface area contributed by atoms with E-state index in [1.165, 1.54) is 98.6 Å². The van der Waals surface area contributed by atoms with Gasteiger partial charge in [-0.2, -0.15) is 0 Å². The maximum absolute atomic E-state index is 5.31. The lowest BCUT2D eigenvalue weighted by Gasteiger charge is -2.31. The topological polar surface area (TPSA) is 30.7 Å². The van der Waals surface area contributed by atoms with Crippen molar-refractivity contribution in [1.82, 2.24) is 14.5 Å². The number of aromatic nitrogens is 3. The molecule has 0 saturated carbocycles. The number of benzene rings is 11. The van der Waals surface area contributed by atoms with E-state index in [4.69, 9.17) is 9.97 Å². The van der Waals surface area contributed by atoms with Crippen LogP contribution in [0, 0.1) is 0 Å². The summed E-state index contributed by atoms with van der Waals surface area (Å²) in [4.78, 5) is 10.6. The normalized spacial score (nSPS) is 13.1. The summed E-state index contributed by atoms with van der Waals surface area (Å²) in [6, 6.07) is 86.9. The second kappa shape index (κ2) is 14.0. The molecule has 3 heteroatoms. The Balaban J connectivity index is 1.02. The molecule has 314 valence electrons. The maximum atomic E-state index is 5.31. The van der Waals surface area contributed by atoms with Crippen LogP contribution < -0.4 is 0 Å². The van der Waals surface area contributed by atoms with Gasteiger partial charge in [-0.05, 0) is 125 Å². The third kappa shape index (κ3) is 5.07. The first kappa shape index (κ1) is 37.3. The number of para-hydroxylation sites is 2. The molecule has 0 amide bonds. The second-order valence-corrected chi connectivity index (χ2v) is 18.4. The number of hydrogen-bond donors (Lipinski definition) is 0. The fourth-order valence-electron chi connectivity index (χ4n) is 12.1. The van der Waals surface area contributed by atoms with E-state index < -0.39 is 5.41 Å². The smallest absolute Gasteiger partial charge is 0.160 e. The van der Waals surface area contributed by atoms with Gasteiger partial charge >= 0.3 is 0 Å². The molecule has 11 aromatic carbocycles. The van der Waals surface area contributed by atoms with Crippen LogP contribution in [0.3, 0.4) is 0 Å². The van der Waals surface area contributed by atoms with E-state index in [0.29, 0.717) is 5.82 Å². The monoisotopic (exact) mass is 861 g/mol. The summed E-state index contributed by atoms with van der Waals surface area (Å²) in [7, 11) is 0. The van der Waals surface area contributed by atoms with E-state index in [2.05, 4.69) is 241 Å². The van der Waals surface area contributed by atoms with E-state index in [1.54, 1.807) is 0 Å². The van der Waals surface area contributed by atoms with E-state index in [-0.39, 0.29) is 0 Å². The minimum atomic E-state index is -0.534. The number of fused-ring (bicyclic) bond motifs is 19. The summed E-state index contributed by atoms with van der Waals surface area (Å²) in [5.74, 6) is 0.707. The Labute approximate surface area is 392 Å². The third-order valence-electron chi connectivity index (χ3n) is 15.0. The van der Waals surface area contributed by atoms with Crippen LogP contribution in [-0.2, 0) is 5.41 Å². The number of rotatable bonds is 4. The molecule has 0 unspecified atom stereocenters. The summed E-state index contributed by atoms with van der Waals surface area (Å²) >= 11 is 0. The van der Waals surface area contributed by atoms with Gasteiger partial charge in [0, 0.05) is 33.2 Å². The highest BCUT2D eigenvalue weighted by Gasteiger charge is 2.52. The van der Waals surface area contributed by atoms with Gasteiger partial charge in [0.1, 0.15) is 0 Å². The molecule has 68 heavy (non-hydrogen) atoms. The fourth-order valence-corrected chi connectivity index (χ4v) is 12.1. The quantitative estimate of drug-likeness (QED) is 0.165. The van der Waals surface area contributed by atoms with Crippen LogP contribution in [-0.4, -0.2) is 14.5 Å². The van der Waals surface area contributed by atoms with Gasteiger partial charge in [0.2, 0.25) is 0 Å². The molecule has 0 aliphatic heterocycles. The van der Waals surface area contributed by atoms with Gasteiger partial charge in [0.15, 0.2) is 5.82 Å². The summed E-state index contributed by atoms with van der Waals surface area (Å²) in [6.45, 7) is 0. The lowest BCUT2D eigenvalue weighted by molar-refractivity contribution is 0.795. The van der Waals surface area contributed by atoms with Crippen LogP contribution in [0.1, 0.15) is 22.3 Å². The number of nitrogens with zero attached hydrogens (tertiary/aromatic N) is 3. The Morgan fingerprint density at radius 1 is 0.279 bits per heavy atom. The lowest BCUT2D eigenvalue weighted by atomic mass is 9.70. The van der Waals surface area contributed by atoms with Crippen LogP contribution in [0.25, 0.3) is 116 Å². The Kier molecular flexibility index (Phi) is 7.71. The molecule has 2 heterocycles. The van der Waals surface area contributed by atoms with Crippen LogP contribution >= 0.6 is 0 Å². The largest absolute Gasteiger partial charge is 0.309 e. The average molecular weight is 862 g/mol. The minimum absolute atomic E-state index is 0.534. The average Bonchev–Trinajstić information content (AvgIpc) is 4.02. The molecule has 0 N–H and O–H groups in total. The Bertz CT molecular complexity index is 4100. The molecule has 2 aliphatic rings. The van der Waals surface area contributed by atoms with Crippen LogP contribution in [0.2, 0.25) is 0 Å². The molecule has 2 aliphatic carbocycles. The van der Waals surface area contributed by atoms with Crippen LogP contribution in [0.15, 0.2) is 237 Å². The zero-order chi connectivity index (χ0) is 44.5. The number of hydrogen-bond acceptors (Lipinski definition) is 2. The van der Waals surface area contributed by atoms with Crippen molar-refractivity contribution in [3.05, 3.63) is 259 Å². The summed E-state index contributed by atoms with van der Waals surface area (Å²) < 4.78 is 2.43. The predicted molar refractivity (Wildman–Crippen MR) is 281 cm³/mol. The molecule has 0 radical (unpaired) electrons. The summed E-state index contributed by atoms with van der Waals surface area (Å²) in [5, 5.41) is 10.0. The zero-order valence-corrected chi connectivity index (χ0v) is 36.9. The van der Waals surface area contributed by atoms with E-state index >= 15 is 0 Å². The van der Waals surface area contributed by atoms with Crippen LogP contribution in [0.4, 0.5) is 0 Å². The fraction of sp³-hybridized carbons (Fsp3) is 0.0154. The first-order valence-electron chi connectivity index (χ1n) is 23.5. The van der Waals surface area contributed by atoms with E-state index in [9.17, 15) is 0 Å². The molecule has 15 rings (SSSR count). The Hall–Kier alpha value is -8.92. The molecule has 0 saturated heterocycles. The highest BCUT2D eigenvalue weighted by atomic mass is 15.0. The highest BCUT2D eigenvalue weighted by molar-refractivity contribution is 6.27. The van der Waals surface area contributed by atoms with Gasteiger partial charge in [-0.25, -0.2) is 9.97 Å². The Morgan fingerprint density at radius 2 is 0.750 bits per heavy atom. The molecule has 0 atom stereocenters. The van der Waals surface area contributed by atoms with E-state index in [1.807, 2.05) is 0 Å². The molecule has 1 spiro atoms. The van der Waals surface area contributed by atoms with Crippen LogP contribution in [0.5, 0.6) is 0 Å². The molecule has 0 fully saturated rings. The van der Waals surface area contributed by atoms with Crippen molar-refractivity contribution in [2.75, 3.05) is 0 Å². The van der Waals surface area contributed by atoms with Gasteiger partial charge < -0.3 is 4.57 Å². The van der Waals surface area contributed by atoms with Crippen molar-refractivity contribution in [2.45, 2.75) is 5.41 Å². The standard InChI is InChI=1S/C65H39N3/c1-3-17-40(18-4-1)60-39-61(41-19-5-2-6-20-41)67-64(66-60)42-31-34-58-54(35-42)55-37-52-45-22-8-7-21-44(45)51-36-43(68-62-29-15-11-25-49(62)50-26-12-16-30-63(50)68)32-33-46(51)53(52)38-59(55)65(58)56-27-13-9-23-47(56)48-24-10-14-28-57(48)65/h1-39H. The van der Waals surface area contributed by atoms with Crippen molar-refractivity contribution in [1.29, 1.82) is 0 Å². The lowest BCUT2D eigenvalue weighted by Crippen LogP contribution is -2.25. The maximum Gasteiger partial charge on any atom is 0.160 e. The second-order valence-electron chi connectivity index (χ2n) is 18.4. The van der Waals surface area contributed by atoms with Gasteiger partial charge in [-0.1, -0.05) is 188 Å². The highest BCUT2D eigenvalue weighted by Crippen LogP contribution is 2.64. The van der Waals surface area contributed by atoms with Gasteiger partial charge in [0.25, 0.3) is 0 Å². The molecule has 0 bridgehead atoms. The van der Waals surface area contributed by atoms with Crippen molar-refractivity contribution >= 4 is 54.1 Å². The summed E-state index contributed by atoms with van der Waals surface area (Å²) in [6.07, 6.45) is 0. The molecule has 3 nitrogen and oxygen atoms in total. The molecular formula is C65H39N3. The van der Waals surface area contributed by atoms with Gasteiger partial charge in [-0.15, -0.1) is 0 Å². The first-order valence-corrected chi connectivity index (χ1v) is 23.5. The third-order valence-corrected chi connectivity index (χ3v) is 15.0. The van der Waals surface area contributed by atoms with Crippen molar-refractivity contribution in [3.63, 3.8) is 0 Å². The predicted octanol–water partition coefficient (Wildman–Crippen LogP) is 16.4. The van der Waals surface area contributed by atoms with Gasteiger partial charge in [0.05, 0.1) is 27.8 Å². The molecule has 2 aromatic heterocycles. The Morgan fingerprint density at radius 3 is 1.37 bits per heavy atom. The van der Waals surface area contributed by atoms with Crippen molar-refractivity contribution in [2.24, 2.45) is 0 Å². The summed E-state index contributed by atoms with van der Waals surface area (Å²) in [5.41, 5.74) is 18.2. The van der Waals surface area contributed by atoms with Crippen molar-refractivity contribution in [3.8, 4) is 61.8 Å². The first-order chi connectivity index (χ1) is 33.7.